The zero-order valence-corrected chi connectivity index (χ0v) is 16.4. The van der Waals surface area contributed by atoms with Crippen LogP contribution in [0.2, 0.25) is 0 Å². The van der Waals surface area contributed by atoms with E-state index in [4.69, 9.17) is 4.74 Å². The van der Waals surface area contributed by atoms with Crippen molar-refractivity contribution in [3.05, 3.63) is 64.7 Å². The Morgan fingerprint density at radius 2 is 1.81 bits per heavy atom. The van der Waals surface area contributed by atoms with Crippen LogP contribution < -0.4 is 4.72 Å². The number of carbonyl (C=O) groups is 2. The van der Waals surface area contributed by atoms with Gasteiger partial charge in [0.1, 0.15) is 0 Å². The first-order valence-corrected chi connectivity index (χ1v) is 10.1. The van der Waals surface area contributed by atoms with Crippen molar-refractivity contribution in [1.29, 1.82) is 0 Å². The summed E-state index contributed by atoms with van der Waals surface area (Å²) in [7, 11) is -3.69. The van der Waals surface area contributed by atoms with Gasteiger partial charge in [-0.3, -0.25) is 4.79 Å². The molecular weight excluding hydrogens is 366 g/mol. The maximum atomic E-state index is 12.3. The fourth-order valence-electron chi connectivity index (χ4n) is 2.53. The molecule has 2 rings (SSSR count). The number of carbonyl (C=O) groups excluding carboxylic acids is 2. The van der Waals surface area contributed by atoms with Gasteiger partial charge >= 0.3 is 5.97 Å². The lowest BCUT2D eigenvalue weighted by molar-refractivity contribution is 0.0474. The Morgan fingerprint density at radius 1 is 1.07 bits per heavy atom. The number of hydrogen-bond acceptors (Lipinski definition) is 5. The topological polar surface area (TPSA) is 89.5 Å². The van der Waals surface area contributed by atoms with Crippen LogP contribution in [0.5, 0.6) is 0 Å². The predicted molar refractivity (Wildman–Crippen MR) is 102 cm³/mol. The van der Waals surface area contributed by atoms with E-state index in [1.54, 1.807) is 6.07 Å². The molecule has 0 spiro atoms. The molecule has 2 aromatic rings. The number of sulfonamides is 1. The molecule has 1 N–H and O–H groups in total. The van der Waals surface area contributed by atoms with Crippen LogP contribution in [0.4, 0.5) is 0 Å². The van der Waals surface area contributed by atoms with Gasteiger partial charge in [-0.2, -0.15) is 0 Å². The van der Waals surface area contributed by atoms with Gasteiger partial charge in [-0.05, 0) is 44.0 Å². The van der Waals surface area contributed by atoms with E-state index in [2.05, 4.69) is 4.72 Å². The minimum Gasteiger partial charge on any atom is -0.454 e. The Bertz CT molecular complexity index is 951. The molecule has 0 bridgehead atoms. The fraction of sp³-hybridized carbons (Fsp3) is 0.300. The molecule has 0 aromatic heterocycles. The molecule has 0 radical (unpaired) electrons. The van der Waals surface area contributed by atoms with E-state index in [-0.39, 0.29) is 16.2 Å². The van der Waals surface area contributed by atoms with E-state index >= 15 is 0 Å². The monoisotopic (exact) mass is 389 g/mol. The third kappa shape index (κ3) is 5.48. The number of esters is 1. The Hall–Kier alpha value is -2.51. The molecule has 27 heavy (non-hydrogen) atoms. The van der Waals surface area contributed by atoms with Gasteiger partial charge in [-0.1, -0.05) is 36.8 Å². The molecule has 6 nitrogen and oxygen atoms in total. The maximum Gasteiger partial charge on any atom is 0.338 e. The molecule has 0 heterocycles. The van der Waals surface area contributed by atoms with Crippen molar-refractivity contribution in [3.8, 4) is 0 Å². The summed E-state index contributed by atoms with van der Waals surface area (Å²) in [6.45, 7) is 5.50. The Morgan fingerprint density at radius 3 is 2.48 bits per heavy atom. The van der Waals surface area contributed by atoms with Crippen molar-refractivity contribution < 1.29 is 22.7 Å². The molecule has 0 amide bonds. The summed E-state index contributed by atoms with van der Waals surface area (Å²) in [5, 5.41) is 0. The summed E-state index contributed by atoms with van der Waals surface area (Å²) in [4.78, 5) is 24.5. The van der Waals surface area contributed by atoms with E-state index in [1.807, 2.05) is 32.9 Å². The summed E-state index contributed by atoms with van der Waals surface area (Å²) >= 11 is 0. The van der Waals surface area contributed by atoms with Gasteiger partial charge in [0.15, 0.2) is 6.61 Å². The number of hydrogen-bond donors (Lipinski definition) is 1. The first-order valence-electron chi connectivity index (χ1n) is 8.62. The maximum absolute atomic E-state index is 12.3. The highest BCUT2D eigenvalue weighted by atomic mass is 32.2. The molecular formula is C20H23NO5S. The third-order valence-electron chi connectivity index (χ3n) is 3.94. The molecule has 0 saturated carbocycles. The van der Waals surface area contributed by atoms with E-state index in [9.17, 15) is 18.0 Å². The van der Waals surface area contributed by atoms with Crippen molar-refractivity contribution in [3.63, 3.8) is 0 Å². The number of benzene rings is 2. The van der Waals surface area contributed by atoms with Crippen LogP contribution in [0.1, 0.15) is 45.2 Å². The van der Waals surface area contributed by atoms with Crippen molar-refractivity contribution >= 4 is 21.8 Å². The van der Waals surface area contributed by atoms with Gasteiger partial charge in [0.2, 0.25) is 15.8 Å². The average Bonchev–Trinajstić information content (AvgIpc) is 2.64. The molecule has 0 fully saturated rings. The van der Waals surface area contributed by atoms with Crippen LogP contribution in [0.25, 0.3) is 0 Å². The second-order valence-electron chi connectivity index (χ2n) is 6.24. The first-order chi connectivity index (χ1) is 12.7. The summed E-state index contributed by atoms with van der Waals surface area (Å²) in [5.74, 6) is -1.06. The zero-order valence-electron chi connectivity index (χ0n) is 15.6. The largest absolute Gasteiger partial charge is 0.454 e. The summed E-state index contributed by atoms with van der Waals surface area (Å²) in [5.41, 5.74) is 2.41. The molecule has 0 aliphatic heterocycles. The summed E-state index contributed by atoms with van der Waals surface area (Å²) in [6.07, 6.45) is 0.654. The van der Waals surface area contributed by atoms with Crippen molar-refractivity contribution in [2.75, 3.05) is 13.2 Å². The molecule has 144 valence electrons. The van der Waals surface area contributed by atoms with E-state index < -0.39 is 22.6 Å². The lowest BCUT2D eigenvalue weighted by Crippen LogP contribution is -2.24. The minimum absolute atomic E-state index is 0.0221. The van der Waals surface area contributed by atoms with Crippen LogP contribution in [-0.4, -0.2) is 33.3 Å². The Balaban J connectivity index is 2.08. The van der Waals surface area contributed by atoms with Crippen LogP contribution in [0, 0.1) is 13.8 Å². The third-order valence-corrected chi connectivity index (χ3v) is 5.40. The number of Topliss-reactive ketones (excluding diaryl/α,β-unsaturated/α-hetero) is 1. The van der Waals surface area contributed by atoms with Gasteiger partial charge in [0, 0.05) is 12.1 Å². The zero-order chi connectivity index (χ0) is 20.0. The van der Waals surface area contributed by atoms with Gasteiger partial charge in [-0.15, -0.1) is 0 Å². The highest BCUT2D eigenvalue weighted by Gasteiger charge is 2.17. The highest BCUT2D eigenvalue weighted by Crippen LogP contribution is 2.14. The van der Waals surface area contributed by atoms with E-state index in [0.29, 0.717) is 18.5 Å². The van der Waals surface area contributed by atoms with E-state index in [0.717, 1.165) is 11.1 Å². The Labute approximate surface area is 159 Å². The summed E-state index contributed by atoms with van der Waals surface area (Å²) < 4.78 is 31.8. The van der Waals surface area contributed by atoms with Crippen LogP contribution >= 0.6 is 0 Å². The number of ketones is 1. The quantitative estimate of drug-likeness (QED) is 0.554. The smallest absolute Gasteiger partial charge is 0.338 e. The molecule has 0 atom stereocenters. The molecule has 0 unspecified atom stereocenters. The molecule has 0 saturated heterocycles. The number of ether oxygens (including phenoxy) is 1. The summed E-state index contributed by atoms with van der Waals surface area (Å²) in [6, 6.07) is 10.9. The fourth-order valence-corrected chi connectivity index (χ4v) is 3.71. The normalized spacial score (nSPS) is 11.2. The predicted octanol–water partition coefficient (Wildman–Crippen LogP) is 3.03. The standard InChI is InChI=1S/C20H23NO5S/c1-4-10-21-27(24,25)17-7-5-6-16(12-17)20(23)26-13-19(22)18-9-8-14(2)11-15(18)3/h5-9,11-12,21H,4,10,13H2,1-3H3. The SMILES string of the molecule is CCCNS(=O)(=O)c1cccc(C(=O)OCC(=O)c2ccc(C)cc2C)c1. The van der Waals surface area contributed by atoms with Gasteiger partial charge < -0.3 is 4.74 Å². The molecule has 2 aromatic carbocycles. The average molecular weight is 389 g/mol. The second-order valence-corrected chi connectivity index (χ2v) is 8.01. The van der Waals surface area contributed by atoms with E-state index in [1.165, 1.54) is 24.3 Å². The van der Waals surface area contributed by atoms with Crippen molar-refractivity contribution in [1.82, 2.24) is 4.72 Å². The Kier molecular flexibility index (Phi) is 6.87. The number of nitrogens with one attached hydrogen (secondary N) is 1. The van der Waals surface area contributed by atoms with Gasteiger partial charge in [0.25, 0.3) is 0 Å². The van der Waals surface area contributed by atoms with Crippen molar-refractivity contribution in [2.24, 2.45) is 0 Å². The van der Waals surface area contributed by atoms with Gasteiger partial charge in [-0.25, -0.2) is 17.9 Å². The minimum atomic E-state index is -3.69. The number of rotatable bonds is 8. The first kappa shape index (κ1) is 20.8. The van der Waals surface area contributed by atoms with Crippen LogP contribution in [-0.2, 0) is 14.8 Å². The second kappa shape index (κ2) is 8.92. The van der Waals surface area contributed by atoms with Gasteiger partial charge in [0.05, 0.1) is 10.5 Å². The van der Waals surface area contributed by atoms with Crippen LogP contribution in [0.3, 0.4) is 0 Å². The number of aryl methyl sites for hydroxylation is 2. The lowest BCUT2D eigenvalue weighted by Gasteiger charge is -2.09. The highest BCUT2D eigenvalue weighted by molar-refractivity contribution is 7.89. The molecule has 0 aliphatic rings. The lowest BCUT2D eigenvalue weighted by atomic mass is 10.0. The van der Waals surface area contributed by atoms with Crippen LogP contribution in [0.15, 0.2) is 47.4 Å². The van der Waals surface area contributed by atoms with Crippen molar-refractivity contribution in [2.45, 2.75) is 32.1 Å². The molecule has 7 heteroatoms. The molecule has 0 aliphatic carbocycles.